The Morgan fingerprint density at radius 2 is 1.66 bits per heavy atom. The van der Waals surface area contributed by atoms with Gasteiger partial charge in [0.1, 0.15) is 5.75 Å². The molecule has 2 aromatic carbocycles. The summed E-state index contributed by atoms with van der Waals surface area (Å²) in [6.45, 7) is 4.09. The number of nitrogens with zero attached hydrogens (tertiary/aromatic N) is 1. The third kappa shape index (κ3) is 5.55. The van der Waals surface area contributed by atoms with Crippen LogP contribution in [-0.4, -0.2) is 44.7 Å². The van der Waals surface area contributed by atoms with Crippen LogP contribution in [0.15, 0.2) is 53.4 Å². The molecule has 156 valence electrons. The number of ether oxygens (including phenoxy) is 1. The van der Waals surface area contributed by atoms with Gasteiger partial charge in [-0.15, -0.1) is 0 Å². The van der Waals surface area contributed by atoms with Crippen LogP contribution in [0.5, 0.6) is 5.75 Å². The Morgan fingerprint density at radius 3 is 2.24 bits per heavy atom. The fourth-order valence-electron chi connectivity index (χ4n) is 2.76. The summed E-state index contributed by atoms with van der Waals surface area (Å²) >= 11 is 0. The van der Waals surface area contributed by atoms with E-state index in [1.807, 2.05) is 18.2 Å². The van der Waals surface area contributed by atoms with Crippen LogP contribution in [0.1, 0.15) is 29.8 Å². The molecule has 0 radical (unpaired) electrons. The first-order chi connectivity index (χ1) is 13.8. The summed E-state index contributed by atoms with van der Waals surface area (Å²) in [4.78, 5) is 24.6. The van der Waals surface area contributed by atoms with Crippen LogP contribution in [-0.2, 0) is 21.2 Å². The van der Waals surface area contributed by atoms with Gasteiger partial charge in [0.2, 0.25) is 15.9 Å². The Labute approximate surface area is 170 Å². The summed E-state index contributed by atoms with van der Waals surface area (Å²) in [5, 5.41) is 0. The minimum Gasteiger partial charge on any atom is -0.496 e. The van der Waals surface area contributed by atoms with Crippen molar-refractivity contribution in [3.8, 4) is 5.75 Å². The number of methoxy groups -OCH3 is 1. The lowest BCUT2D eigenvalue weighted by molar-refractivity contribution is -0.121. The van der Waals surface area contributed by atoms with Gasteiger partial charge in [-0.2, -0.15) is 4.31 Å². The van der Waals surface area contributed by atoms with Gasteiger partial charge in [-0.25, -0.2) is 8.42 Å². The Bertz CT molecular complexity index is 957. The summed E-state index contributed by atoms with van der Waals surface area (Å²) in [5.74, 6) is -0.895. The minimum atomic E-state index is -3.74. The summed E-state index contributed by atoms with van der Waals surface area (Å²) in [6.07, 6.45) is 0.0919. The molecule has 8 nitrogen and oxygen atoms in total. The molecule has 0 bridgehead atoms. The van der Waals surface area contributed by atoms with Crippen LogP contribution >= 0.6 is 0 Å². The molecule has 0 aromatic heterocycles. The molecule has 0 saturated carbocycles. The molecule has 0 unspecified atom stereocenters. The molecule has 0 spiro atoms. The first-order valence-corrected chi connectivity index (χ1v) is 10.6. The van der Waals surface area contributed by atoms with Crippen LogP contribution < -0.4 is 15.6 Å². The van der Waals surface area contributed by atoms with Crippen molar-refractivity contribution in [1.29, 1.82) is 0 Å². The third-order valence-electron chi connectivity index (χ3n) is 4.28. The highest BCUT2D eigenvalue weighted by atomic mass is 32.2. The highest BCUT2D eigenvalue weighted by molar-refractivity contribution is 7.89. The molecule has 2 rings (SSSR count). The largest absolute Gasteiger partial charge is 0.496 e. The van der Waals surface area contributed by atoms with E-state index in [1.54, 1.807) is 26.0 Å². The standard InChI is InChI=1S/C20H25N3O5S/c1-4-23(5-2)29(26,27)16-11-12-18(28-3)17(14-16)20(25)22-21-19(24)13-15-9-7-6-8-10-15/h6-12,14H,4-5,13H2,1-3H3,(H,21,24)(H,22,25). The summed E-state index contributed by atoms with van der Waals surface area (Å²) in [6, 6.07) is 13.1. The minimum absolute atomic E-state index is 0.000687. The zero-order chi connectivity index (χ0) is 21.4. The van der Waals surface area contributed by atoms with Gasteiger partial charge >= 0.3 is 0 Å². The average Bonchev–Trinajstić information content (AvgIpc) is 2.73. The van der Waals surface area contributed by atoms with Crippen molar-refractivity contribution in [3.63, 3.8) is 0 Å². The first kappa shape index (κ1) is 22.4. The van der Waals surface area contributed by atoms with Crippen molar-refractivity contribution in [2.75, 3.05) is 20.2 Å². The van der Waals surface area contributed by atoms with E-state index in [4.69, 9.17) is 4.74 Å². The molecular formula is C20H25N3O5S. The summed E-state index contributed by atoms with van der Waals surface area (Å²) in [7, 11) is -2.37. The molecule has 2 amide bonds. The molecule has 0 fully saturated rings. The fraction of sp³-hybridized carbons (Fsp3) is 0.300. The molecule has 9 heteroatoms. The molecule has 0 heterocycles. The van der Waals surface area contributed by atoms with E-state index in [0.717, 1.165) is 5.56 Å². The molecule has 2 N–H and O–H groups in total. The van der Waals surface area contributed by atoms with Crippen molar-refractivity contribution < 1.29 is 22.7 Å². The number of carbonyl (C=O) groups excluding carboxylic acids is 2. The molecule has 0 aliphatic carbocycles. The molecule has 0 aliphatic rings. The number of hydrogen-bond acceptors (Lipinski definition) is 5. The van der Waals surface area contributed by atoms with E-state index >= 15 is 0 Å². The number of amides is 2. The quantitative estimate of drug-likeness (QED) is 0.634. The van der Waals surface area contributed by atoms with Crippen LogP contribution in [0.2, 0.25) is 0 Å². The predicted molar refractivity (Wildman–Crippen MR) is 109 cm³/mol. The number of benzene rings is 2. The molecule has 29 heavy (non-hydrogen) atoms. The van der Waals surface area contributed by atoms with Crippen LogP contribution in [0.4, 0.5) is 0 Å². The maximum atomic E-state index is 12.7. The van der Waals surface area contributed by atoms with Crippen LogP contribution in [0.25, 0.3) is 0 Å². The fourth-order valence-corrected chi connectivity index (χ4v) is 4.24. The number of carbonyl (C=O) groups is 2. The van der Waals surface area contributed by atoms with Gasteiger partial charge < -0.3 is 4.74 Å². The lowest BCUT2D eigenvalue weighted by Gasteiger charge is -2.19. The zero-order valence-corrected chi connectivity index (χ0v) is 17.5. The van der Waals surface area contributed by atoms with Crippen molar-refractivity contribution in [1.82, 2.24) is 15.2 Å². The van der Waals surface area contributed by atoms with Gasteiger partial charge in [-0.05, 0) is 23.8 Å². The molecule has 0 atom stereocenters. The van der Waals surface area contributed by atoms with Crippen molar-refractivity contribution in [2.24, 2.45) is 0 Å². The Kier molecular flexibility index (Phi) is 7.74. The van der Waals surface area contributed by atoms with E-state index in [2.05, 4.69) is 10.9 Å². The van der Waals surface area contributed by atoms with Crippen molar-refractivity contribution >= 4 is 21.8 Å². The SMILES string of the molecule is CCN(CC)S(=O)(=O)c1ccc(OC)c(C(=O)NNC(=O)Cc2ccccc2)c1. The van der Waals surface area contributed by atoms with E-state index in [0.29, 0.717) is 13.1 Å². The number of rotatable bonds is 8. The summed E-state index contributed by atoms with van der Waals surface area (Å²) < 4.78 is 31.9. The second-order valence-electron chi connectivity index (χ2n) is 6.12. The van der Waals surface area contributed by atoms with Gasteiger partial charge in [-0.3, -0.25) is 20.4 Å². The van der Waals surface area contributed by atoms with E-state index < -0.39 is 21.8 Å². The molecule has 2 aromatic rings. The second kappa shape index (κ2) is 10.0. The summed E-state index contributed by atoms with van der Waals surface area (Å²) in [5.41, 5.74) is 5.43. The highest BCUT2D eigenvalue weighted by Crippen LogP contribution is 2.24. The topological polar surface area (TPSA) is 105 Å². The highest BCUT2D eigenvalue weighted by Gasteiger charge is 2.24. The van der Waals surface area contributed by atoms with Gasteiger partial charge in [0.05, 0.1) is 24.0 Å². The van der Waals surface area contributed by atoms with Crippen molar-refractivity contribution in [3.05, 3.63) is 59.7 Å². The molecular weight excluding hydrogens is 394 g/mol. The Morgan fingerprint density at radius 1 is 1.00 bits per heavy atom. The van der Waals surface area contributed by atoms with Crippen LogP contribution in [0, 0.1) is 0 Å². The van der Waals surface area contributed by atoms with Crippen LogP contribution in [0.3, 0.4) is 0 Å². The smallest absolute Gasteiger partial charge is 0.273 e. The number of nitrogens with one attached hydrogen (secondary N) is 2. The number of hydrogen-bond donors (Lipinski definition) is 2. The lowest BCUT2D eigenvalue weighted by atomic mass is 10.1. The number of hydrazine groups is 1. The van der Waals surface area contributed by atoms with Gasteiger partial charge in [0.15, 0.2) is 0 Å². The van der Waals surface area contributed by atoms with Gasteiger partial charge in [0, 0.05) is 13.1 Å². The number of sulfonamides is 1. The monoisotopic (exact) mass is 419 g/mol. The Hall–Kier alpha value is -2.91. The normalized spacial score (nSPS) is 11.2. The molecule has 0 aliphatic heterocycles. The second-order valence-corrected chi connectivity index (χ2v) is 8.05. The lowest BCUT2D eigenvalue weighted by Crippen LogP contribution is -2.42. The first-order valence-electron chi connectivity index (χ1n) is 9.14. The van der Waals surface area contributed by atoms with E-state index in [9.17, 15) is 18.0 Å². The van der Waals surface area contributed by atoms with Gasteiger partial charge in [-0.1, -0.05) is 44.2 Å². The maximum absolute atomic E-state index is 12.7. The van der Waals surface area contributed by atoms with E-state index in [-0.39, 0.29) is 22.6 Å². The Balaban J connectivity index is 2.17. The predicted octanol–water partition coefficient (Wildman–Crippen LogP) is 1.73. The van der Waals surface area contributed by atoms with Gasteiger partial charge in [0.25, 0.3) is 5.91 Å². The maximum Gasteiger partial charge on any atom is 0.273 e. The van der Waals surface area contributed by atoms with Crippen molar-refractivity contribution in [2.45, 2.75) is 25.2 Å². The molecule has 0 saturated heterocycles. The third-order valence-corrected chi connectivity index (χ3v) is 6.33. The van der Waals surface area contributed by atoms with E-state index in [1.165, 1.54) is 29.6 Å². The zero-order valence-electron chi connectivity index (χ0n) is 16.6. The average molecular weight is 420 g/mol.